The Morgan fingerprint density at radius 3 is 2.65 bits per heavy atom. The fourth-order valence-corrected chi connectivity index (χ4v) is 1.91. The third kappa shape index (κ3) is 4.73. The molecule has 1 N–H and O–H groups in total. The number of benzene rings is 1. The van der Waals surface area contributed by atoms with E-state index in [2.05, 4.69) is 0 Å². The third-order valence-corrected chi connectivity index (χ3v) is 2.66. The third-order valence-electron chi connectivity index (χ3n) is 2.66. The average Bonchev–Trinajstić information content (AvgIpc) is 2.37. The highest BCUT2D eigenvalue weighted by atomic mass is 16.4. The van der Waals surface area contributed by atoms with Crippen LogP contribution >= 0.6 is 0 Å². The molecule has 0 saturated heterocycles. The van der Waals surface area contributed by atoms with E-state index in [-0.39, 0.29) is 24.8 Å². The number of nitrogens with zero attached hydrogens (tertiary/aromatic N) is 2. The first kappa shape index (κ1) is 15.7. The van der Waals surface area contributed by atoms with Gasteiger partial charge in [-0.15, -0.1) is 0 Å². The lowest BCUT2D eigenvalue weighted by Gasteiger charge is -2.23. The first-order valence-corrected chi connectivity index (χ1v) is 6.41. The molecule has 0 aliphatic rings. The van der Waals surface area contributed by atoms with Crippen molar-refractivity contribution in [1.82, 2.24) is 4.90 Å². The SMILES string of the molecule is CC(C)CN(CC(=O)O)C(=O)c1cccc(CC#N)c1. The number of carbonyl (C=O) groups is 2. The first-order chi connectivity index (χ1) is 9.43. The summed E-state index contributed by atoms with van der Waals surface area (Å²) in [6.07, 6.45) is 0.226. The van der Waals surface area contributed by atoms with E-state index in [9.17, 15) is 9.59 Å². The Bertz CT molecular complexity index is 532. The number of nitriles is 1. The van der Waals surface area contributed by atoms with Gasteiger partial charge in [-0.05, 0) is 23.6 Å². The number of aliphatic carboxylic acids is 1. The maximum Gasteiger partial charge on any atom is 0.323 e. The zero-order valence-corrected chi connectivity index (χ0v) is 11.7. The van der Waals surface area contributed by atoms with Gasteiger partial charge in [0.1, 0.15) is 6.54 Å². The number of amides is 1. The van der Waals surface area contributed by atoms with Crippen LogP contribution in [0.2, 0.25) is 0 Å². The molecule has 1 aromatic rings. The molecule has 0 aliphatic heterocycles. The summed E-state index contributed by atoms with van der Waals surface area (Å²) < 4.78 is 0. The molecule has 1 rings (SSSR count). The topological polar surface area (TPSA) is 81.4 Å². The number of carbonyl (C=O) groups excluding carboxylic acids is 1. The van der Waals surface area contributed by atoms with Gasteiger partial charge >= 0.3 is 5.97 Å². The van der Waals surface area contributed by atoms with E-state index in [1.807, 2.05) is 19.9 Å². The molecule has 0 aliphatic carbocycles. The van der Waals surface area contributed by atoms with E-state index in [0.29, 0.717) is 12.1 Å². The van der Waals surface area contributed by atoms with Crippen LogP contribution in [0.3, 0.4) is 0 Å². The summed E-state index contributed by atoms with van der Waals surface area (Å²) in [4.78, 5) is 24.5. The first-order valence-electron chi connectivity index (χ1n) is 6.41. The smallest absolute Gasteiger partial charge is 0.323 e. The minimum absolute atomic E-state index is 0.181. The minimum Gasteiger partial charge on any atom is -0.480 e. The lowest BCUT2D eigenvalue weighted by Crippen LogP contribution is -2.38. The highest BCUT2D eigenvalue weighted by Gasteiger charge is 2.19. The van der Waals surface area contributed by atoms with Gasteiger partial charge in [0, 0.05) is 12.1 Å². The molecule has 0 aromatic heterocycles. The monoisotopic (exact) mass is 274 g/mol. The van der Waals surface area contributed by atoms with Gasteiger partial charge in [-0.2, -0.15) is 5.26 Å². The molecule has 1 amide bonds. The van der Waals surface area contributed by atoms with E-state index in [1.54, 1.807) is 24.3 Å². The normalized spacial score (nSPS) is 10.1. The second-order valence-corrected chi connectivity index (χ2v) is 5.01. The van der Waals surface area contributed by atoms with E-state index >= 15 is 0 Å². The van der Waals surface area contributed by atoms with Crippen LogP contribution in [0.4, 0.5) is 0 Å². The van der Waals surface area contributed by atoms with Crippen LogP contribution < -0.4 is 0 Å². The van der Waals surface area contributed by atoms with Crippen molar-refractivity contribution >= 4 is 11.9 Å². The number of hydrogen-bond donors (Lipinski definition) is 1. The Balaban J connectivity index is 2.96. The molecule has 1 aromatic carbocycles. The molecule has 0 bridgehead atoms. The predicted octanol–water partition coefficient (Wildman–Crippen LogP) is 1.94. The van der Waals surface area contributed by atoms with Gasteiger partial charge in [0.25, 0.3) is 5.91 Å². The number of hydrogen-bond acceptors (Lipinski definition) is 3. The van der Waals surface area contributed by atoms with Crippen LogP contribution in [0, 0.1) is 17.2 Å². The molecular formula is C15H18N2O3. The molecule has 0 heterocycles. The molecule has 5 heteroatoms. The number of carboxylic acid groups (broad SMARTS) is 1. The average molecular weight is 274 g/mol. The minimum atomic E-state index is -1.04. The standard InChI is InChI=1S/C15H18N2O3/c1-11(2)9-17(10-14(18)19)15(20)13-5-3-4-12(8-13)6-7-16/h3-5,8,11H,6,9-10H2,1-2H3,(H,18,19). The Morgan fingerprint density at radius 2 is 2.10 bits per heavy atom. The maximum atomic E-state index is 12.4. The van der Waals surface area contributed by atoms with Crippen molar-refractivity contribution in [2.75, 3.05) is 13.1 Å². The highest BCUT2D eigenvalue weighted by Crippen LogP contribution is 2.11. The van der Waals surface area contributed by atoms with Crippen LogP contribution in [0.15, 0.2) is 24.3 Å². The van der Waals surface area contributed by atoms with Crippen molar-refractivity contribution < 1.29 is 14.7 Å². The second kappa shape index (κ2) is 7.29. The van der Waals surface area contributed by atoms with Crippen LogP contribution in [0.5, 0.6) is 0 Å². The van der Waals surface area contributed by atoms with Crippen molar-refractivity contribution in [2.24, 2.45) is 5.92 Å². The van der Waals surface area contributed by atoms with Crippen molar-refractivity contribution in [1.29, 1.82) is 5.26 Å². The fourth-order valence-electron chi connectivity index (χ4n) is 1.91. The maximum absolute atomic E-state index is 12.4. The summed E-state index contributed by atoms with van der Waals surface area (Å²) in [6.45, 7) is 3.91. The summed E-state index contributed by atoms with van der Waals surface area (Å²) >= 11 is 0. The van der Waals surface area contributed by atoms with Gasteiger partial charge in [-0.25, -0.2) is 0 Å². The summed E-state index contributed by atoms with van der Waals surface area (Å²) in [6, 6.07) is 8.77. The summed E-state index contributed by atoms with van der Waals surface area (Å²) in [7, 11) is 0. The van der Waals surface area contributed by atoms with Crippen molar-refractivity contribution in [3.05, 3.63) is 35.4 Å². The van der Waals surface area contributed by atoms with Crippen LogP contribution in [-0.4, -0.2) is 35.0 Å². The van der Waals surface area contributed by atoms with Crippen LogP contribution in [0.25, 0.3) is 0 Å². The molecule has 0 spiro atoms. The molecule has 0 fully saturated rings. The van der Waals surface area contributed by atoms with E-state index in [4.69, 9.17) is 10.4 Å². The Hall–Kier alpha value is -2.35. The summed E-state index contributed by atoms with van der Waals surface area (Å²) in [5.74, 6) is -1.17. The zero-order chi connectivity index (χ0) is 15.1. The van der Waals surface area contributed by atoms with Gasteiger partial charge in [-0.1, -0.05) is 26.0 Å². The molecule has 20 heavy (non-hydrogen) atoms. The van der Waals surface area contributed by atoms with E-state index < -0.39 is 5.97 Å². The fraction of sp³-hybridized carbons (Fsp3) is 0.400. The number of carboxylic acids is 1. The Kier molecular flexibility index (Phi) is 5.73. The number of rotatable bonds is 6. The van der Waals surface area contributed by atoms with Gasteiger partial charge < -0.3 is 10.0 Å². The van der Waals surface area contributed by atoms with Gasteiger partial charge in [0.2, 0.25) is 0 Å². The Labute approximate surface area is 118 Å². The zero-order valence-electron chi connectivity index (χ0n) is 11.7. The lowest BCUT2D eigenvalue weighted by atomic mass is 10.1. The van der Waals surface area contributed by atoms with Gasteiger partial charge in [-0.3, -0.25) is 9.59 Å². The highest BCUT2D eigenvalue weighted by molar-refractivity contribution is 5.96. The van der Waals surface area contributed by atoms with Crippen molar-refractivity contribution in [3.63, 3.8) is 0 Å². The van der Waals surface area contributed by atoms with Crippen molar-refractivity contribution in [2.45, 2.75) is 20.3 Å². The molecule has 0 unspecified atom stereocenters. The molecule has 0 atom stereocenters. The van der Waals surface area contributed by atoms with E-state index in [0.717, 1.165) is 5.56 Å². The molecule has 0 saturated carbocycles. The summed E-state index contributed by atoms with van der Waals surface area (Å²) in [5.41, 5.74) is 1.16. The molecular weight excluding hydrogens is 256 g/mol. The van der Waals surface area contributed by atoms with Crippen LogP contribution in [0.1, 0.15) is 29.8 Å². The summed E-state index contributed by atoms with van der Waals surface area (Å²) in [5, 5.41) is 17.6. The quantitative estimate of drug-likeness (QED) is 0.859. The molecule has 5 nitrogen and oxygen atoms in total. The Morgan fingerprint density at radius 1 is 1.40 bits per heavy atom. The van der Waals surface area contributed by atoms with Crippen LogP contribution in [-0.2, 0) is 11.2 Å². The largest absolute Gasteiger partial charge is 0.480 e. The van der Waals surface area contributed by atoms with Gasteiger partial charge in [0.05, 0.1) is 12.5 Å². The van der Waals surface area contributed by atoms with Gasteiger partial charge in [0.15, 0.2) is 0 Å². The lowest BCUT2D eigenvalue weighted by molar-refractivity contribution is -0.137. The molecule has 0 radical (unpaired) electrons. The van der Waals surface area contributed by atoms with E-state index in [1.165, 1.54) is 4.90 Å². The van der Waals surface area contributed by atoms with Crippen molar-refractivity contribution in [3.8, 4) is 6.07 Å². The predicted molar refractivity (Wildman–Crippen MR) is 74.1 cm³/mol. The second-order valence-electron chi connectivity index (χ2n) is 5.01. The molecule has 106 valence electrons.